The van der Waals surface area contributed by atoms with E-state index in [4.69, 9.17) is 5.11 Å². The first-order chi connectivity index (χ1) is 11.9. The zero-order chi connectivity index (χ0) is 18.8. The van der Waals surface area contributed by atoms with Crippen LogP contribution in [0.2, 0.25) is 0 Å². The Hall–Kier alpha value is -1.68. The fraction of sp³-hybridized carbons (Fsp3) is 0.619. The smallest absolute Gasteiger partial charge is 0.310 e. The van der Waals surface area contributed by atoms with Crippen molar-refractivity contribution in [2.75, 3.05) is 19.6 Å². The van der Waals surface area contributed by atoms with Gasteiger partial charge in [0.05, 0.1) is 5.92 Å². The Kier molecular flexibility index (Phi) is 9.43. The number of nitrogens with zero attached hydrogens (tertiary/aromatic N) is 1. The third-order valence-corrected chi connectivity index (χ3v) is 5.10. The molecule has 1 aliphatic carbocycles. The average molecular weight is 347 g/mol. The fourth-order valence-corrected chi connectivity index (χ4v) is 3.14. The maximum absolute atomic E-state index is 11.6. The highest BCUT2D eigenvalue weighted by atomic mass is 16.4. The van der Waals surface area contributed by atoms with Gasteiger partial charge in [0, 0.05) is 12.3 Å². The van der Waals surface area contributed by atoms with Gasteiger partial charge in [-0.3, -0.25) is 9.59 Å². The lowest BCUT2D eigenvalue weighted by atomic mass is 9.94. The van der Waals surface area contributed by atoms with Gasteiger partial charge >= 0.3 is 5.97 Å². The summed E-state index contributed by atoms with van der Waals surface area (Å²) < 4.78 is 0. The van der Waals surface area contributed by atoms with Crippen molar-refractivity contribution in [1.82, 2.24) is 4.90 Å². The van der Waals surface area contributed by atoms with Crippen LogP contribution in [0.25, 0.3) is 0 Å². The quantitative estimate of drug-likeness (QED) is 0.805. The second-order valence-corrected chi connectivity index (χ2v) is 6.68. The number of hydrogen-bond donors (Lipinski definition) is 1. The normalized spacial score (nSPS) is 18.0. The van der Waals surface area contributed by atoms with E-state index >= 15 is 0 Å². The molecule has 4 heteroatoms. The Bertz CT molecular complexity index is 529. The predicted octanol–water partition coefficient (Wildman–Crippen LogP) is 4.13. The number of carboxylic acids is 1. The molecule has 0 spiro atoms. The second kappa shape index (κ2) is 11.0. The molecule has 1 aromatic rings. The van der Waals surface area contributed by atoms with Gasteiger partial charge in [-0.2, -0.15) is 0 Å². The fourth-order valence-electron chi connectivity index (χ4n) is 3.14. The van der Waals surface area contributed by atoms with Crippen LogP contribution in [-0.2, 0) is 16.0 Å². The molecule has 0 heterocycles. The largest absolute Gasteiger partial charge is 0.481 e. The molecule has 1 N–H and O–H groups in total. The highest BCUT2D eigenvalue weighted by Crippen LogP contribution is 2.25. The Labute approximate surface area is 152 Å². The summed E-state index contributed by atoms with van der Waals surface area (Å²) in [5.74, 6) is -0.744. The molecular weight excluding hydrogens is 314 g/mol. The van der Waals surface area contributed by atoms with Crippen molar-refractivity contribution in [2.24, 2.45) is 5.92 Å². The van der Waals surface area contributed by atoms with Gasteiger partial charge in [0.1, 0.15) is 5.78 Å². The predicted molar refractivity (Wildman–Crippen MR) is 102 cm³/mol. The van der Waals surface area contributed by atoms with Crippen molar-refractivity contribution in [3.05, 3.63) is 35.4 Å². The summed E-state index contributed by atoms with van der Waals surface area (Å²) in [4.78, 5) is 24.8. The molecule has 1 saturated carbocycles. The average Bonchev–Trinajstić information content (AvgIpc) is 3.02. The van der Waals surface area contributed by atoms with E-state index in [-0.39, 0.29) is 5.92 Å². The molecule has 1 fully saturated rings. The second-order valence-electron chi connectivity index (χ2n) is 6.68. The van der Waals surface area contributed by atoms with Gasteiger partial charge in [0.2, 0.25) is 0 Å². The van der Waals surface area contributed by atoms with E-state index in [0.717, 1.165) is 36.8 Å². The zero-order valence-corrected chi connectivity index (χ0v) is 16.1. The monoisotopic (exact) mass is 347 g/mol. The molecule has 0 aliphatic heterocycles. The summed E-state index contributed by atoms with van der Waals surface area (Å²) in [7, 11) is 0. The van der Waals surface area contributed by atoms with Gasteiger partial charge in [-0.25, -0.2) is 0 Å². The number of hydrogen-bond acceptors (Lipinski definition) is 3. The number of Topliss-reactive ketones (excluding diaryl/α,β-unsaturated/α-hetero) is 1. The van der Waals surface area contributed by atoms with Crippen molar-refractivity contribution in [2.45, 2.75) is 59.3 Å². The van der Waals surface area contributed by atoms with E-state index in [9.17, 15) is 9.59 Å². The molecule has 0 bridgehead atoms. The zero-order valence-electron chi connectivity index (χ0n) is 16.1. The minimum Gasteiger partial charge on any atom is -0.481 e. The number of carboxylic acid groups (broad SMARTS) is 1. The molecule has 2 atom stereocenters. The lowest BCUT2D eigenvalue weighted by Crippen LogP contribution is -2.21. The first kappa shape index (κ1) is 21.4. The highest BCUT2D eigenvalue weighted by Gasteiger charge is 2.24. The van der Waals surface area contributed by atoms with E-state index in [2.05, 4.69) is 25.7 Å². The van der Waals surface area contributed by atoms with Crippen LogP contribution in [0.15, 0.2) is 24.3 Å². The third kappa shape index (κ3) is 6.99. The third-order valence-electron chi connectivity index (χ3n) is 5.10. The van der Waals surface area contributed by atoms with Crippen LogP contribution in [0.5, 0.6) is 0 Å². The maximum atomic E-state index is 11.6. The Morgan fingerprint density at radius 2 is 1.72 bits per heavy atom. The summed E-state index contributed by atoms with van der Waals surface area (Å²) in [5.41, 5.74) is 1.93. The van der Waals surface area contributed by atoms with E-state index in [0.29, 0.717) is 5.78 Å². The van der Waals surface area contributed by atoms with Gasteiger partial charge in [-0.1, -0.05) is 45.0 Å². The van der Waals surface area contributed by atoms with Gasteiger partial charge in [-0.15, -0.1) is 0 Å². The lowest BCUT2D eigenvalue weighted by molar-refractivity contribution is -0.138. The maximum Gasteiger partial charge on any atom is 0.310 e. The molecule has 0 amide bonds. The minimum atomic E-state index is -0.811. The van der Waals surface area contributed by atoms with Crippen molar-refractivity contribution in [1.29, 1.82) is 0 Å². The number of carbonyl (C=O) groups excluding carboxylic acids is 1. The van der Waals surface area contributed by atoms with Crippen molar-refractivity contribution in [3.8, 4) is 0 Å². The molecule has 140 valence electrons. The molecule has 25 heavy (non-hydrogen) atoms. The van der Waals surface area contributed by atoms with Crippen LogP contribution in [-0.4, -0.2) is 41.4 Å². The summed E-state index contributed by atoms with van der Waals surface area (Å²) in [6.45, 7) is 11.8. The molecule has 4 nitrogen and oxygen atoms in total. The molecule has 0 radical (unpaired) electrons. The molecule has 0 saturated heterocycles. The van der Waals surface area contributed by atoms with Crippen LogP contribution in [0.1, 0.15) is 64.0 Å². The Balaban J connectivity index is 0.000000381. The number of carbonyl (C=O) groups is 2. The van der Waals surface area contributed by atoms with Gasteiger partial charge < -0.3 is 10.0 Å². The van der Waals surface area contributed by atoms with E-state index in [1.54, 1.807) is 6.92 Å². The summed E-state index contributed by atoms with van der Waals surface area (Å²) in [5, 5.41) is 8.92. The Morgan fingerprint density at radius 3 is 2.08 bits per heavy atom. The van der Waals surface area contributed by atoms with Crippen LogP contribution >= 0.6 is 0 Å². The van der Waals surface area contributed by atoms with Crippen LogP contribution in [0.4, 0.5) is 0 Å². The highest BCUT2D eigenvalue weighted by molar-refractivity contribution is 5.83. The molecule has 2 unspecified atom stereocenters. The van der Waals surface area contributed by atoms with Crippen molar-refractivity contribution < 1.29 is 14.7 Å². The van der Waals surface area contributed by atoms with Crippen LogP contribution < -0.4 is 0 Å². The SMILES string of the molecule is CC(C(=O)O)c1ccc(CC2CCCC2=O)cc1.CCN(CC)CC. The first-order valence-corrected chi connectivity index (χ1v) is 9.49. The molecule has 0 aromatic heterocycles. The van der Waals surface area contributed by atoms with Gasteiger partial charge in [0.25, 0.3) is 0 Å². The number of aliphatic carboxylic acids is 1. The minimum absolute atomic E-state index is 0.174. The number of rotatable bonds is 7. The Morgan fingerprint density at radius 1 is 1.16 bits per heavy atom. The van der Waals surface area contributed by atoms with E-state index in [1.807, 2.05) is 24.3 Å². The summed E-state index contributed by atoms with van der Waals surface area (Å²) in [6.07, 6.45) is 3.52. The van der Waals surface area contributed by atoms with Crippen molar-refractivity contribution >= 4 is 11.8 Å². The van der Waals surface area contributed by atoms with E-state index in [1.165, 1.54) is 19.6 Å². The molecule has 1 aliphatic rings. The van der Waals surface area contributed by atoms with E-state index < -0.39 is 11.9 Å². The molecule has 1 aromatic carbocycles. The topological polar surface area (TPSA) is 57.6 Å². The summed E-state index contributed by atoms with van der Waals surface area (Å²) in [6, 6.07) is 7.60. The summed E-state index contributed by atoms with van der Waals surface area (Å²) >= 11 is 0. The number of ketones is 1. The van der Waals surface area contributed by atoms with Crippen molar-refractivity contribution in [3.63, 3.8) is 0 Å². The number of benzene rings is 1. The first-order valence-electron chi connectivity index (χ1n) is 9.49. The van der Waals surface area contributed by atoms with Gasteiger partial charge in [-0.05, 0) is 56.9 Å². The van der Waals surface area contributed by atoms with Gasteiger partial charge in [0.15, 0.2) is 0 Å². The lowest BCUT2D eigenvalue weighted by Gasteiger charge is -2.13. The van der Waals surface area contributed by atoms with Crippen LogP contribution in [0, 0.1) is 5.92 Å². The van der Waals surface area contributed by atoms with Crippen LogP contribution in [0.3, 0.4) is 0 Å². The molecule has 2 rings (SSSR count). The standard InChI is InChI=1S/C15H18O3.C6H15N/c1-10(15(17)18)12-7-5-11(6-8-12)9-13-3-2-4-14(13)16;1-4-7(5-2)6-3/h5-8,10,13H,2-4,9H2,1H3,(H,17,18);4-6H2,1-3H3. The molecular formula is C21H33NO3.